The Labute approximate surface area is 205 Å². The molecule has 0 aliphatic rings. The lowest BCUT2D eigenvalue weighted by atomic mass is 10.2. The Morgan fingerprint density at radius 2 is 1.82 bits per heavy atom. The van der Waals surface area contributed by atoms with Crippen molar-refractivity contribution in [2.45, 2.75) is 24.9 Å². The van der Waals surface area contributed by atoms with Gasteiger partial charge in [-0.3, -0.25) is 14.2 Å². The summed E-state index contributed by atoms with van der Waals surface area (Å²) >= 11 is 13.9. The molecule has 33 heavy (non-hydrogen) atoms. The van der Waals surface area contributed by atoms with Crippen LogP contribution in [0.15, 0.2) is 76.7 Å². The lowest BCUT2D eigenvalue weighted by Crippen LogP contribution is -2.22. The Bertz CT molecular complexity index is 1370. The predicted octanol–water partition coefficient (Wildman–Crippen LogP) is 6.51. The van der Waals surface area contributed by atoms with E-state index < -0.39 is 0 Å². The zero-order valence-corrected chi connectivity index (χ0v) is 20.2. The molecule has 1 N–H and O–H groups in total. The lowest BCUT2D eigenvalue weighted by molar-refractivity contribution is -0.116. The van der Waals surface area contributed by atoms with Crippen LogP contribution in [-0.2, 0) is 4.79 Å². The number of carbonyl (C=O) groups is 1. The summed E-state index contributed by atoms with van der Waals surface area (Å²) in [6, 6.07) is 19.9. The van der Waals surface area contributed by atoms with Crippen molar-refractivity contribution < 1.29 is 4.79 Å². The average molecular weight is 498 g/mol. The van der Waals surface area contributed by atoms with Crippen molar-refractivity contribution in [1.82, 2.24) is 9.55 Å². The summed E-state index contributed by atoms with van der Waals surface area (Å²) in [5.41, 5.74) is 2.84. The van der Waals surface area contributed by atoms with Gasteiger partial charge in [-0.1, -0.05) is 64.8 Å². The summed E-state index contributed by atoms with van der Waals surface area (Å²) in [6.07, 6.45) is 0.986. The largest absolute Gasteiger partial charge is 0.326 e. The van der Waals surface area contributed by atoms with Crippen LogP contribution in [0.2, 0.25) is 10.0 Å². The number of amides is 1. The smallest absolute Gasteiger partial charge is 0.266 e. The highest BCUT2D eigenvalue weighted by Gasteiger charge is 2.16. The Morgan fingerprint density at radius 1 is 1.06 bits per heavy atom. The fourth-order valence-corrected chi connectivity index (χ4v) is 4.78. The van der Waals surface area contributed by atoms with Gasteiger partial charge in [0.2, 0.25) is 5.91 Å². The topological polar surface area (TPSA) is 64.0 Å². The minimum absolute atomic E-state index is 0.0518. The first-order valence-corrected chi connectivity index (χ1v) is 12.1. The number of para-hydroxylation sites is 1. The second-order valence-electron chi connectivity index (χ2n) is 7.51. The highest BCUT2D eigenvalue weighted by molar-refractivity contribution is 7.99. The van der Waals surface area contributed by atoms with Gasteiger partial charge < -0.3 is 5.32 Å². The number of hydrogen-bond donors (Lipinski definition) is 1. The number of aromatic nitrogens is 2. The maximum Gasteiger partial charge on any atom is 0.266 e. The van der Waals surface area contributed by atoms with Gasteiger partial charge in [0.15, 0.2) is 5.16 Å². The minimum atomic E-state index is -0.204. The molecule has 168 valence electrons. The first-order chi connectivity index (χ1) is 15.9. The number of nitrogens with zero attached hydrogens (tertiary/aromatic N) is 2. The Balaban J connectivity index is 1.52. The van der Waals surface area contributed by atoms with Gasteiger partial charge in [0, 0.05) is 22.9 Å². The van der Waals surface area contributed by atoms with Gasteiger partial charge in [-0.2, -0.15) is 0 Å². The van der Waals surface area contributed by atoms with E-state index in [1.807, 2.05) is 43.3 Å². The molecule has 1 heterocycles. The van der Waals surface area contributed by atoms with E-state index in [2.05, 4.69) is 5.32 Å². The van der Waals surface area contributed by atoms with Gasteiger partial charge >= 0.3 is 0 Å². The number of fused-ring (bicyclic) bond motifs is 1. The van der Waals surface area contributed by atoms with Crippen LogP contribution in [0.4, 0.5) is 5.69 Å². The van der Waals surface area contributed by atoms with E-state index in [1.54, 1.807) is 30.3 Å². The molecule has 1 amide bonds. The van der Waals surface area contributed by atoms with Gasteiger partial charge in [0.1, 0.15) is 0 Å². The predicted molar refractivity (Wildman–Crippen MR) is 137 cm³/mol. The SMILES string of the molecule is Cc1ccc(NC(=O)CCCSc2nc3ccccc3c(=O)n2-c2ccc(Cl)cc2Cl)cc1. The maximum atomic E-state index is 13.3. The molecule has 4 rings (SSSR count). The fourth-order valence-electron chi connectivity index (χ4n) is 3.34. The van der Waals surface area contributed by atoms with Crippen LogP contribution in [0.1, 0.15) is 18.4 Å². The van der Waals surface area contributed by atoms with Gasteiger partial charge in [0.05, 0.1) is 21.6 Å². The Hall–Kier alpha value is -2.80. The minimum Gasteiger partial charge on any atom is -0.326 e. The zero-order valence-electron chi connectivity index (χ0n) is 17.8. The number of halogens is 2. The number of rotatable bonds is 7. The van der Waals surface area contributed by atoms with Crippen molar-refractivity contribution in [1.29, 1.82) is 0 Å². The lowest BCUT2D eigenvalue weighted by Gasteiger charge is -2.14. The molecule has 0 atom stereocenters. The number of aryl methyl sites for hydroxylation is 1. The molecule has 5 nitrogen and oxygen atoms in total. The number of nitrogens with one attached hydrogen (secondary N) is 1. The summed E-state index contributed by atoms with van der Waals surface area (Å²) in [5, 5.41) is 4.77. The monoisotopic (exact) mass is 497 g/mol. The first kappa shape index (κ1) is 23.4. The third-order valence-electron chi connectivity index (χ3n) is 5.01. The molecule has 0 unspecified atom stereocenters. The number of benzene rings is 3. The normalized spacial score (nSPS) is 11.0. The molecule has 0 saturated heterocycles. The van der Waals surface area contributed by atoms with Crippen molar-refractivity contribution in [3.63, 3.8) is 0 Å². The van der Waals surface area contributed by atoms with Gasteiger partial charge in [-0.05, 0) is 55.8 Å². The van der Waals surface area contributed by atoms with E-state index in [0.29, 0.717) is 50.4 Å². The molecular weight excluding hydrogens is 477 g/mol. The second-order valence-corrected chi connectivity index (χ2v) is 9.42. The summed E-state index contributed by atoms with van der Waals surface area (Å²) in [5.74, 6) is 0.557. The number of hydrogen-bond acceptors (Lipinski definition) is 4. The van der Waals surface area contributed by atoms with E-state index in [9.17, 15) is 9.59 Å². The second kappa shape index (κ2) is 10.4. The first-order valence-electron chi connectivity index (χ1n) is 10.4. The number of carbonyl (C=O) groups excluding carboxylic acids is 1. The molecule has 1 aromatic heterocycles. The van der Waals surface area contributed by atoms with Crippen molar-refractivity contribution in [2.24, 2.45) is 0 Å². The summed E-state index contributed by atoms with van der Waals surface area (Å²) in [7, 11) is 0. The van der Waals surface area contributed by atoms with Crippen LogP contribution in [0.3, 0.4) is 0 Å². The standard InChI is InChI=1S/C25H21Cl2N3O2S/c1-16-8-11-18(12-9-16)28-23(31)7-4-14-33-25-29-21-6-3-2-5-19(21)24(32)30(25)22-13-10-17(26)15-20(22)27/h2-3,5-6,8-13,15H,4,7,14H2,1H3,(H,28,31). The quantitative estimate of drug-likeness (QED) is 0.179. The maximum absolute atomic E-state index is 13.3. The van der Waals surface area contributed by atoms with Crippen molar-refractivity contribution in [2.75, 3.05) is 11.1 Å². The van der Waals surface area contributed by atoms with E-state index in [4.69, 9.17) is 28.2 Å². The summed E-state index contributed by atoms with van der Waals surface area (Å²) in [4.78, 5) is 30.3. The van der Waals surface area contributed by atoms with Gasteiger partial charge in [-0.25, -0.2) is 4.98 Å². The molecule has 0 saturated carbocycles. The average Bonchev–Trinajstić information content (AvgIpc) is 2.79. The highest BCUT2D eigenvalue weighted by atomic mass is 35.5. The summed E-state index contributed by atoms with van der Waals surface area (Å²) in [6.45, 7) is 2.00. The van der Waals surface area contributed by atoms with E-state index in [-0.39, 0.29) is 11.5 Å². The fraction of sp³-hybridized carbons (Fsp3) is 0.160. The molecule has 0 radical (unpaired) electrons. The van der Waals surface area contributed by atoms with Gasteiger partial charge in [-0.15, -0.1) is 0 Å². The Kier molecular flexibility index (Phi) is 7.38. The molecule has 0 aliphatic carbocycles. The van der Waals surface area contributed by atoms with Crippen LogP contribution < -0.4 is 10.9 Å². The van der Waals surface area contributed by atoms with Crippen LogP contribution in [0.5, 0.6) is 0 Å². The van der Waals surface area contributed by atoms with E-state index >= 15 is 0 Å². The molecule has 0 bridgehead atoms. The Morgan fingerprint density at radius 3 is 2.58 bits per heavy atom. The highest BCUT2D eigenvalue weighted by Crippen LogP contribution is 2.28. The molecule has 0 aliphatic heterocycles. The van der Waals surface area contributed by atoms with E-state index in [1.165, 1.54) is 16.3 Å². The van der Waals surface area contributed by atoms with Crippen LogP contribution in [0, 0.1) is 6.92 Å². The molecule has 3 aromatic carbocycles. The molecule has 8 heteroatoms. The van der Waals surface area contributed by atoms with Crippen molar-refractivity contribution in [3.05, 3.63) is 92.7 Å². The van der Waals surface area contributed by atoms with Gasteiger partial charge in [0.25, 0.3) is 5.56 Å². The molecule has 0 spiro atoms. The summed E-state index contributed by atoms with van der Waals surface area (Å²) < 4.78 is 1.51. The van der Waals surface area contributed by atoms with Crippen LogP contribution >= 0.6 is 35.0 Å². The van der Waals surface area contributed by atoms with Crippen LogP contribution in [-0.4, -0.2) is 21.2 Å². The van der Waals surface area contributed by atoms with E-state index in [0.717, 1.165) is 11.3 Å². The molecule has 0 fully saturated rings. The van der Waals surface area contributed by atoms with Crippen molar-refractivity contribution in [3.8, 4) is 5.69 Å². The third kappa shape index (κ3) is 5.58. The van der Waals surface area contributed by atoms with Crippen molar-refractivity contribution >= 4 is 57.5 Å². The number of thioether (sulfide) groups is 1. The third-order valence-corrected chi connectivity index (χ3v) is 6.57. The van der Waals surface area contributed by atoms with Crippen LogP contribution in [0.25, 0.3) is 16.6 Å². The zero-order chi connectivity index (χ0) is 23.4. The number of anilines is 1. The molecule has 4 aromatic rings. The molecular formula is C25H21Cl2N3O2S.